The minimum atomic E-state index is -0.550. The third kappa shape index (κ3) is 4.37. The van der Waals surface area contributed by atoms with Crippen molar-refractivity contribution in [1.29, 1.82) is 0 Å². The highest BCUT2D eigenvalue weighted by molar-refractivity contribution is 5.95. The zero-order valence-corrected chi connectivity index (χ0v) is 15.6. The van der Waals surface area contributed by atoms with E-state index in [2.05, 4.69) is 23.3 Å². The fourth-order valence-electron chi connectivity index (χ4n) is 3.53. The van der Waals surface area contributed by atoms with E-state index in [0.717, 1.165) is 30.0 Å². The van der Waals surface area contributed by atoms with Crippen molar-refractivity contribution in [3.63, 3.8) is 0 Å². The molecule has 2 heterocycles. The highest BCUT2D eigenvalue weighted by atomic mass is 16.5. The van der Waals surface area contributed by atoms with Gasteiger partial charge in [-0.2, -0.15) is 0 Å². The first-order valence-electron chi connectivity index (χ1n) is 8.73. The fraction of sp³-hybridized carbons (Fsp3) is 0.722. The Morgan fingerprint density at radius 1 is 1.33 bits per heavy atom. The summed E-state index contributed by atoms with van der Waals surface area (Å²) < 4.78 is 7.49. The number of morpholine rings is 1. The van der Waals surface area contributed by atoms with Gasteiger partial charge >= 0.3 is 0 Å². The standard InChI is InChI=1S/C18H31N3O3/c1-13(2)21-14(3)10-17(15(21)4)18(23)19(5)11-16(22)12-20-6-8-24-9-7-20/h10,13,16,22H,6-9,11-12H2,1-5H3. The van der Waals surface area contributed by atoms with Gasteiger partial charge in [0.2, 0.25) is 0 Å². The van der Waals surface area contributed by atoms with Crippen LogP contribution in [0.3, 0.4) is 0 Å². The molecule has 0 aliphatic carbocycles. The zero-order chi connectivity index (χ0) is 17.9. The van der Waals surface area contributed by atoms with Crippen molar-refractivity contribution in [2.75, 3.05) is 46.4 Å². The van der Waals surface area contributed by atoms with Crippen molar-refractivity contribution >= 4 is 5.91 Å². The van der Waals surface area contributed by atoms with Crippen LogP contribution in [0.4, 0.5) is 0 Å². The van der Waals surface area contributed by atoms with Crippen LogP contribution < -0.4 is 0 Å². The Hall–Kier alpha value is -1.37. The number of ether oxygens (including phenoxy) is 1. The Morgan fingerprint density at radius 2 is 1.96 bits per heavy atom. The Morgan fingerprint density at radius 3 is 2.50 bits per heavy atom. The lowest BCUT2D eigenvalue weighted by molar-refractivity contribution is 0.00878. The van der Waals surface area contributed by atoms with Crippen LogP contribution in [0.15, 0.2) is 6.07 Å². The number of nitrogens with zero attached hydrogens (tertiary/aromatic N) is 3. The molecule has 1 aromatic rings. The molecule has 1 aromatic heterocycles. The number of aliphatic hydroxyl groups is 1. The number of aryl methyl sites for hydroxylation is 1. The van der Waals surface area contributed by atoms with Crippen LogP contribution >= 0.6 is 0 Å². The van der Waals surface area contributed by atoms with Crippen molar-refractivity contribution in [3.05, 3.63) is 23.0 Å². The number of hydrogen-bond donors (Lipinski definition) is 1. The van der Waals surface area contributed by atoms with Crippen LogP contribution in [0.25, 0.3) is 0 Å². The number of carbonyl (C=O) groups is 1. The van der Waals surface area contributed by atoms with Crippen LogP contribution in [-0.4, -0.2) is 77.9 Å². The monoisotopic (exact) mass is 337 g/mol. The van der Waals surface area contributed by atoms with Crippen molar-refractivity contribution in [3.8, 4) is 0 Å². The van der Waals surface area contributed by atoms with E-state index in [1.54, 1.807) is 11.9 Å². The number of carbonyl (C=O) groups excluding carboxylic acids is 1. The SMILES string of the molecule is Cc1cc(C(=O)N(C)CC(O)CN2CCOCC2)c(C)n1C(C)C. The lowest BCUT2D eigenvalue weighted by Gasteiger charge is -2.30. The van der Waals surface area contributed by atoms with Gasteiger partial charge in [0, 0.05) is 50.7 Å². The van der Waals surface area contributed by atoms with E-state index in [1.165, 1.54) is 0 Å². The van der Waals surface area contributed by atoms with E-state index >= 15 is 0 Å². The smallest absolute Gasteiger partial charge is 0.255 e. The number of hydrogen-bond acceptors (Lipinski definition) is 4. The van der Waals surface area contributed by atoms with E-state index in [-0.39, 0.29) is 5.91 Å². The first-order chi connectivity index (χ1) is 11.3. The molecule has 1 aliphatic rings. The third-order valence-electron chi connectivity index (χ3n) is 4.64. The molecule has 0 spiro atoms. The van der Waals surface area contributed by atoms with Gasteiger partial charge in [-0.25, -0.2) is 0 Å². The van der Waals surface area contributed by atoms with Gasteiger partial charge in [-0.05, 0) is 33.8 Å². The van der Waals surface area contributed by atoms with Crippen molar-refractivity contribution < 1.29 is 14.6 Å². The Bertz CT molecular complexity index is 562. The van der Waals surface area contributed by atoms with Gasteiger partial charge in [-0.1, -0.05) is 0 Å². The molecule has 1 unspecified atom stereocenters. The molecule has 0 bridgehead atoms. The van der Waals surface area contributed by atoms with E-state index < -0.39 is 6.10 Å². The van der Waals surface area contributed by atoms with Crippen molar-refractivity contribution in [2.24, 2.45) is 0 Å². The molecule has 1 saturated heterocycles. The van der Waals surface area contributed by atoms with Gasteiger partial charge in [0.05, 0.1) is 24.9 Å². The lowest BCUT2D eigenvalue weighted by atomic mass is 10.2. The summed E-state index contributed by atoms with van der Waals surface area (Å²) in [4.78, 5) is 16.5. The maximum Gasteiger partial charge on any atom is 0.255 e. The Balaban J connectivity index is 1.97. The van der Waals surface area contributed by atoms with E-state index in [0.29, 0.717) is 32.3 Å². The molecule has 2 rings (SSSR count). The molecular weight excluding hydrogens is 306 g/mol. The second-order valence-electron chi connectivity index (χ2n) is 7.00. The number of rotatable bonds is 6. The predicted molar refractivity (Wildman–Crippen MR) is 94.5 cm³/mol. The number of amides is 1. The Kier molecular flexibility index (Phi) is 6.43. The molecule has 6 heteroatoms. The number of aromatic nitrogens is 1. The summed E-state index contributed by atoms with van der Waals surface area (Å²) in [5.41, 5.74) is 2.80. The molecule has 0 radical (unpaired) electrons. The second-order valence-corrected chi connectivity index (χ2v) is 7.00. The van der Waals surface area contributed by atoms with Crippen molar-refractivity contribution in [2.45, 2.75) is 39.8 Å². The molecule has 1 N–H and O–H groups in total. The summed E-state index contributed by atoms with van der Waals surface area (Å²) in [6.45, 7) is 12.2. The van der Waals surface area contributed by atoms with Crippen LogP contribution in [0.2, 0.25) is 0 Å². The minimum absolute atomic E-state index is 0.0315. The van der Waals surface area contributed by atoms with Gasteiger partial charge in [0.25, 0.3) is 5.91 Å². The van der Waals surface area contributed by atoms with E-state index in [9.17, 15) is 9.90 Å². The highest BCUT2D eigenvalue weighted by Crippen LogP contribution is 2.21. The number of likely N-dealkylation sites (N-methyl/N-ethyl adjacent to an activating group) is 1. The lowest BCUT2D eigenvalue weighted by Crippen LogP contribution is -2.45. The topological polar surface area (TPSA) is 57.9 Å². The van der Waals surface area contributed by atoms with E-state index in [1.807, 2.05) is 19.9 Å². The second kappa shape index (κ2) is 8.14. The molecule has 24 heavy (non-hydrogen) atoms. The molecule has 1 atom stereocenters. The van der Waals surface area contributed by atoms with Gasteiger partial charge in [-0.15, -0.1) is 0 Å². The zero-order valence-electron chi connectivity index (χ0n) is 15.6. The van der Waals surface area contributed by atoms with Gasteiger partial charge in [0.1, 0.15) is 0 Å². The summed E-state index contributed by atoms with van der Waals surface area (Å²) in [7, 11) is 1.76. The van der Waals surface area contributed by atoms with Gasteiger partial charge in [0.15, 0.2) is 0 Å². The molecule has 0 saturated carbocycles. The quantitative estimate of drug-likeness (QED) is 0.854. The summed E-state index contributed by atoms with van der Waals surface area (Å²) >= 11 is 0. The summed E-state index contributed by atoms with van der Waals surface area (Å²) in [6.07, 6.45) is -0.550. The van der Waals surface area contributed by atoms with Crippen molar-refractivity contribution in [1.82, 2.24) is 14.4 Å². The van der Waals surface area contributed by atoms with Gasteiger partial charge < -0.3 is 19.3 Å². The predicted octanol–water partition coefficient (Wildman–Crippen LogP) is 1.45. The molecular formula is C18H31N3O3. The highest BCUT2D eigenvalue weighted by Gasteiger charge is 2.23. The number of β-amino-alcohol motifs (C(OH)–C–C–N with tert-alkyl or cyclic N) is 1. The fourth-order valence-corrected chi connectivity index (χ4v) is 3.53. The molecule has 1 fully saturated rings. The van der Waals surface area contributed by atoms with Crippen LogP contribution in [0.5, 0.6) is 0 Å². The normalized spacial score (nSPS) is 17.3. The summed E-state index contributed by atoms with van der Waals surface area (Å²) in [6, 6.07) is 2.27. The van der Waals surface area contributed by atoms with E-state index in [4.69, 9.17) is 4.74 Å². The van der Waals surface area contributed by atoms with Crippen LogP contribution in [-0.2, 0) is 4.74 Å². The third-order valence-corrected chi connectivity index (χ3v) is 4.64. The first kappa shape index (κ1) is 19.0. The largest absolute Gasteiger partial charge is 0.390 e. The average molecular weight is 337 g/mol. The maximum atomic E-state index is 12.7. The van der Waals surface area contributed by atoms with Gasteiger partial charge in [-0.3, -0.25) is 9.69 Å². The summed E-state index contributed by atoms with van der Waals surface area (Å²) in [5.74, 6) is -0.0315. The first-order valence-corrected chi connectivity index (χ1v) is 8.73. The molecule has 1 aliphatic heterocycles. The average Bonchev–Trinajstić information content (AvgIpc) is 2.82. The Labute approximate surface area is 145 Å². The molecule has 6 nitrogen and oxygen atoms in total. The molecule has 136 valence electrons. The minimum Gasteiger partial charge on any atom is -0.390 e. The van der Waals surface area contributed by atoms with Crippen LogP contribution in [0, 0.1) is 13.8 Å². The van der Waals surface area contributed by atoms with Crippen LogP contribution in [0.1, 0.15) is 41.6 Å². The number of aliphatic hydroxyl groups excluding tert-OH is 1. The maximum absolute atomic E-state index is 12.7. The molecule has 1 amide bonds. The summed E-state index contributed by atoms with van der Waals surface area (Å²) in [5, 5.41) is 10.3. The molecule has 0 aromatic carbocycles.